The molecule has 1 fully saturated rings. The number of hydrogen-bond donors (Lipinski definition) is 1. The summed E-state index contributed by atoms with van der Waals surface area (Å²) < 4.78 is 6.91. The van der Waals surface area contributed by atoms with E-state index in [1.165, 1.54) is 4.68 Å². The molecular formula is C13H22ClN5O2. The summed E-state index contributed by atoms with van der Waals surface area (Å²) in [6, 6.07) is 0. The molecule has 118 valence electrons. The third-order valence-electron chi connectivity index (χ3n) is 3.47. The minimum Gasteiger partial charge on any atom is -0.373 e. The first kappa shape index (κ1) is 16.2. The van der Waals surface area contributed by atoms with E-state index in [4.69, 9.17) is 22.1 Å². The second-order valence-electron chi connectivity index (χ2n) is 5.35. The second-order valence-corrected chi connectivity index (χ2v) is 5.73. The first-order valence-electron chi connectivity index (χ1n) is 7.00. The van der Waals surface area contributed by atoms with E-state index in [1.54, 1.807) is 6.20 Å². The predicted octanol–water partition coefficient (Wildman–Crippen LogP) is -0.378. The molecule has 0 aromatic carbocycles. The lowest BCUT2D eigenvalue weighted by atomic mass is 10.2. The summed E-state index contributed by atoms with van der Waals surface area (Å²) in [6.07, 6.45) is 1.61. The Morgan fingerprint density at radius 2 is 2.33 bits per heavy atom. The van der Waals surface area contributed by atoms with Crippen LogP contribution >= 0.6 is 11.6 Å². The van der Waals surface area contributed by atoms with Crippen molar-refractivity contribution in [3.63, 3.8) is 0 Å². The first-order chi connectivity index (χ1) is 10.0. The molecule has 21 heavy (non-hydrogen) atoms. The van der Waals surface area contributed by atoms with E-state index in [2.05, 4.69) is 5.10 Å². The Morgan fingerprint density at radius 3 is 3.00 bits per heavy atom. The SMILES string of the molecule is CN(C)CCn1ncc(N2CCOC(CN)C2)c(Cl)c1=O. The Bertz CT molecular complexity index is 534. The van der Waals surface area contributed by atoms with Crippen LogP contribution in [0.5, 0.6) is 0 Å². The summed E-state index contributed by atoms with van der Waals surface area (Å²) in [5.74, 6) is 0. The van der Waals surface area contributed by atoms with Crippen LogP contribution in [0.4, 0.5) is 5.69 Å². The number of halogens is 1. The number of nitrogens with two attached hydrogens (primary N) is 1. The van der Waals surface area contributed by atoms with Gasteiger partial charge in [0.15, 0.2) is 0 Å². The second kappa shape index (κ2) is 7.22. The molecule has 1 aliphatic rings. The number of morpholine rings is 1. The van der Waals surface area contributed by atoms with E-state index in [0.717, 1.165) is 6.54 Å². The lowest BCUT2D eigenvalue weighted by molar-refractivity contribution is 0.0465. The first-order valence-corrected chi connectivity index (χ1v) is 7.37. The van der Waals surface area contributed by atoms with Crippen molar-refractivity contribution >= 4 is 17.3 Å². The molecule has 0 amide bonds. The Kier molecular flexibility index (Phi) is 5.58. The molecule has 1 aromatic heterocycles. The highest BCUT2D eigenvalue weighted by Crippen LogP contribution is 2.22. The highest BCUT2D eigenvalue weighted by molar-refractivity contribution is 6.33. The largest absolute Gasteiger partial charge is 0.373 e. The molecule has 1 saturated heterocycles. The van der Waals surface area contributed by atoms with Crippen molar-refractivity contribution in [1.29, 1.82) is 0 Å². The number of rotatable bonds is 5. The highest BCUT2D eigenvalue weighted by Gasteiger charge is 2.23. The Labute approximate surface area is 129 Å². The number of anilines is 1. The van der Waals surface area contributed by atoms with Crippen LogP contribution < -0.4 is 16.2 Å². The van der Waals surface area contributed by atoms with Crippen molar-refractivity contribution in [3.8, 4) is 0 Å². The molecule has 8 heteroatoms. The van der Waals surface area contributed by atoms with Crippen LogP contribution in [0.1, 0.15) is 0 Å². The van der Waals surface area contributed by atoms with Crippen LogP contribution in [0.3, 0.4) is 0 Å². The van der Waals surface area contributed by atoms with Gasteiger partial charge in [0.2, 0.25) is 0 Å². The van der Waals surface area contributed by atoms with E-state index in [1.807, 2.05) is 23.9 Å². The monoisotopic (exact) mass is 315 g/mol. The maximum absolute atomic E-state index is 12.3. The Morgan fingerprint density at radius 1 is 1.57 bits per heavy atom. The predicted molar refractivity (Wildman–Crippen MR) is 83.1 cm³/mol. The fourth-order valence-corrected chi connectivity index (χ4v) is 2.48. The number of hydrogen-bond acceptors (Lipinski definition) is 6. The van der Waals surface area contributed by atoms with Crippen LogP contribution in [-0.2, 0) is 11.3 Å². The molecule has 7 nitrogen and oxygen atoms in total. The van der Waals surface area contributed by atoms with Crippen LogP contribution in [0.2, 0.25) is 5.02 Å². The summed E-state index contributed by atoms with van der Waals surface area (Å²) in [5.41, 5.74) is 6.03. The standard InChI is InChI=1S/C13H22ClN5O2/c1-17(2)3-4-19-13(20)12(14)11(8-16-19)18-5-6-21-10(7-15)9-18/h8,10H,3-7,9,15H2,1-2H3. The quantitative estimate of drug-likeness (QED) is 0.798. The minimum absolute atomic E-state index is 0.0361. The summed E-state index contributed by atoms with van der Waals surface area (Å²) in [5, 5.41) is 4.43. The average molecular weight is 316 g/mol. The van der Waals surface area contributed by atoms with Gasteiger partial charge in [0, 0.05) is 26.2 Å². The molecular weight excluding hydrogens is 294 g/mol. The van der Waals surface area contributed by atoms with E-state index < -0.39 is 0 Å². The van der Waals surface area contributed by atoms with Crippen molar-refractivity contribution in [2.24, 2.45) is 5.73 Å². The van der Waals surface area contributed by atoms with Gasteiger partial charge in [0.1, 0.15) is 5.02 Å². The maximum Gasteiger partial charge on any atom is 0.287 e. The van der Waals surface area contributed by atoms with Crippen molar-refractivity contribution in [2.45, 2.75) is 12.6 Å². The zero-order valence-electron chi connectivity index (χ0n) is 12.5. The van der Waals surface area contributed by atoms with Crippen molar-refractivity contribution in [3.05, 3.63) is 21.6 Å². The lowest BCUT2D eigenvalue weighted by Crippen LogP contribution is -2.46. The van der Waals surface area contributed by atoms with Gasteiger partial charge in [-0.15, -0.1) is 0 Å². The zero-order valence-corrected chi connectivity index (χ0v) is 13.2. The third-order valence-corrected chi connectivity index (χ3v) is 3.82. The van der Waals surface area contributed by atoms with E-state index in [0.29, 0.717) is 38.5 Å². The molecule has 0 spiro atoms. The molecule has 0 bridgehead atoms. The normalized spacial score (nSPS) is 19.3. The summed E-state index contributed by atoms with van der Waals surface area (Å²) in [4.78, 5) is 16.3. The number of aromatic nitrogens is 2. The van der Waals surface area contributed by atoms with Gasteiger partial charge in [-0.05, 0) is 14.1 Å². The fourth-order valence-electron chi connectivity index (χ4n) is 2.21. The number of likely N-dealkylation sites (N-methyl/N-ethyl adjacent to an activating group) is 1. The topological polar surface area (TPSA) is 76.6 Å². The van der Waals surface area contributed by atoms with E-state index in [-0.39, 0.29) is 16.7 Å². The smallest absolute Gasteiger partial charge is 0.287 e. The summed E-state index contributed by atoms with van der Waals surface area (Å²) in [7, 11) is 3.89. The van der Waals surface area contributed by atoms with Gasteiger partial charge in [-0.1, -0.05) is 11.6 Å². The molecule has 1 aliphatic heterocycles. The third kappa shape index (κ3) is 3.94. The molecule has 0 aliphatic carbocycles. The van der Waals surface area contributed by atoms with Gasteiger partial charge in [-0.25, -0.2) is 4.68 Å². The molecule has 0 radical (unpaired) electrons. The lowest BCUT2D eigenvalue weighted by Gasteiger charge is -2.34. The van der Waals surface area contributed by atoms with Gasteiger partial charge >= 0.3 is 0 Å². The van der Waals surface area contributed by atoms with Crippen LogP contribution in [-0.4, -0.2) is 67.7 Å². The average Bonchev–Trinajstić information content (AvgIpc) is 2.48. The van der Waals surface area contributed by atoms with Crippen LogP contribution in [0.15, 0.2) is 11.0 Å². The van der Waals surface area contributed by atoms with Gasteiger partial charge in [0.25, 0.3) is 5.56 Å². The van der Waals surface area contributed by atoms with Gasteiger partial charge in [0.05, 0.1) is 31.1 Å². The molecule has 2 heterocycles. The fraction of sp³-hybridized carbons (Fsp3) is 0.692. The van der Waals surface area contributed by atoms with Gasteiger partial charge < -0.3 is 20.3 Å². The van der Waals surface area contributed by atoms with E-state index in [9.17, 15) is 4.79 Å². The summed E-state index contributed by atoms with van der Waals surface area (Å²) in [6.45, 7) is 3.57. The van der Waals surface area contributed by atoms with Crippen LogP contribution in [0, 0.1) is 0 Å². The number of ether oxygens (including phenoxy) is 1. The Balaban J connectivity index is 2.18. The molecule has 1 aromatic rings. The van der Waals surface area contributed by atoms with Gasteiger partial charge in [-0.3, -0.25) is 4.79 Å². The maximum atomic E-state index is 12.3. The molecule has 2 N–H and O–H groups in total. The molecule has 1 unspecified atom stereocenters. The minimum atomic E-state index is -0.258. The molecule has 2 rings (SSSR count). The molecule has 1 atom stereocenters. The van der Waals surface area contributed by atoms with E-state index >= 15 is 0 Å². The Hall–Kier alpha value is -1.15. The van der Waals surface area contributed by atoms with Crippen molar-refractivity contribution in [1.82, 2.24) is 14.7 Å². The summed E-state index contributed by atoms with van der Waals surface area (Å²) >= 11 is 6.24. The van der Waals surface area contributed by atoms with Crippen LogP contribution in [0.25, 0.3) is 0 Å². The zero-order chi connectivity index (χ0) is 15.4. The van der Waals surface area contributed by atoms with Gasteiger partial charge in [-0.2, -0.15) is 5.10 Å². The highest BCUT2D eigenvalue weighted by atomic mass is 35.5. The van der Waals surface area contributed by atoms with Crippen molar-refractivity contribution in [2.75, 3.05) is 51.8 Å². The molecule has 0 saturated carbocycles. The number of nitrogens with zero attached hydrogens (tertiary/aromatic N) is 4. The van der Waals surface area contributed by atoms with Crippen molar-refractivity contribution < 1.29 is 4.74 Å².